The maximum absolute atomic E-state index is 13.7. The van der Waals surface area contributed by atoms with Crippen molar-refractivity contribution in [2.75, 3.05) is 43.4 Å². The highest BCUT2D eigenvalue weighted by Crippen LogP contribution is 2.39. The van der Waals surface area contributed by atoms with Gasteiger partial charge in [-0.2, -0.15) is 0 Å². The Morgan fingerprint density at radius 1 is 1.06 bits per heavy atom. The van der Waals surface area contributed by atoms with Gasteiger partial charge in [-0.05, 0) is 68.5 Å². The number of nitrogen functional groups attached to an aromatic ring is 1. The molecule has 0 radical (unpaired) electrons. The number of hydrogen-bond donors (Lipinski definition) is 4. The molecule has 188 valence electrons. The van der Waals surface area contributed by atoms with Gasteiger partial charge in [0.1, 0.15) is 5.75 Å². The Kier molecular flexibility index (Phi) is 7.04. The maximum atomic E-state index is 13.7. The molecule has 3 heterocycles. The molecule has 1 aromatic heterocycles. The zero-order valence-corrected chi connectivity index (χ0v) is 20.5. The number of phenols is 1. The smallest absolute Gasteiger partial charge is 0.230 e. The number of aromatic hydroxyl groups is 1. The summed E-state index contributed by atoms with van der Waals surface area (Å²) in [6.07, 6.45) is 3.53. The minimum Gasteiger partial charge on any atom is -0.507 e. The van der Waals surface area contributed by atoms with Crippen LogP contribution in [0.25, 0.3) is 11.3 Å². The third kappa shape index (κ3) is 4.86. The van der Waals surface area contributed by atoms with Crippen LogP contribution in [0, 0.1) is 5.92 Å². The van der Waals surface area contributed by atoms with Crippen LogP contribution in [0.15, 0.2) is 60.7 Å². The maximum Gasteiger partial charge on any atom is 0.230 e. The molecule has 0 saturated carbocycles. The first-order valence-corrected chi connectivity index (χ1v) is 12.8. The van der Waals surface area contributed by atoms with Crippen LogP contribution in [0.1, 0.15) is 31.2 Å². The standard InChI is InChI=1S/C28H34N6O2/c29-26-24(18-23(32-33-26)22-8-4-5-9-25(22)35)34-16-12-28(13-17-34,21-6-2-1-3-7-21)27(36)31-19-20-10-14-30-15-11-20/h1-9,18,20,30,35H,10-17,19H2,(H2,29,33)(H,31,36). The molecule has 3 aromatic rings. The van der Waals surface area contributed by atoms with Crippen LogP contribution in [0.3, 0.4) is 0 Å². The van der Waals surface area contributed by atoms with Gasteiger partial charge in [0.15, 0.2) is 5.82 Å². The second-order valence-electron chi connectivity index (χ2n) is 9.86. The van der Waals surface area contributed by atoms with Crippen molar-refractivity contribution in [3.8, 4) is 17.0 Å². The Labute approximate surface area is 211 Å². The molecule has 0 atom stereocenters. The molecule has 5 rings (SSSR count). The van der Waals surface area contributed by atoms with Gasteiger partial charge < -0.3 is 26.4 Å². The summed E-state index contributed by atoms with van der Waals surface area (Å²) >= 11 is 0. The van der Waals surface area contributed by atoms with Crippen LogP contribution in [-0.4, -0.2) is 53.9 Å². The normalized spacial score (nSPS) is 18.1. The molecule has 2 aromatic carbocycles. The number of aromatic nitrogens is 2. The molecular formula is C28H34N6O2. The zero-order valence-electron chi connectivity index (χ0n) is 20.5. The van der Waals surface area contributed by atoms with Gasteiger partial charge >= 0.3 is 0 Å². The van der Waals surface area contributed by atoms with E-state index in [0.29, 0.717) is 48.9 Å². The summed E-state index contributed by atoms with van der Waals surface area (Å²) in [6.45, 7) is 4.08. The summed E-state index contributed by atoms with van der Waals surface area (Å²) in [6, 6.07) is 19.1. The highest BCUT2D eigenvalue weighted by molar-refractivity contribution is 5.89. The number of carbonyl (C=O) groups excluding carboxylic acids is 1. The average molecular weight is 487 g/mol. The number of hydrogen-bond acceptors (Lipinski definition) is 7. The first-order chi connectivity index (χ1) is 17.6. The fourth-order valence-corrected chi connectivity index (χ4v) is 5.49. The monoisotopic (exact) mass is 486 g/mol. The minimum absolute atomic E-state index is 0.114. The molecule has 2 aliphatic rings. The van der Waals surface area contributed by atoms with E-state index in [4.69, 9.17) is 5.73 Å². The zero-order chi connectivity index (χ0) is 25.0. The van der Waals surface area contributed by atoms with E-state index in [0.717, 1.165) is 43.7 Å². The summed E-state index contributed by atoms with van der Waals surface area (Å²) in [5.41, 5.74) is 8.67. The third-order valence-electron chi connectivity index (χ3n) is 7.71. The molecule has 0 bridgehead atoms. The topological polar surface area (TPSA) is 116 Å². The van der Waals surface area contributed by atoms with Gasteiger partial charge in [-0.25, -0.2) is 0 Å². The summed E-state index contributed by atoms with van der Waals surface area (Å²) in [5.74, 6) is 1.13. The molecule has 1 amide bonds. The van der Waals surface area contributed by atoms with Gasteiger partial charge in [-0.3, -0.25) is 4.79 Å². The lowest BCUT2D eigenvalue weighted by atomic mass is 9.71. The number of rotatable bonds is 6. The predicted octanol–water partition coefficient (Wildman–Crippen LogP) is 3.09. The molecule has 2 saturated heterocycles. The van der Waals surface area contributed by atoms with Gasteiger partial charge in [0, 0.05) is 25.2 Å². The average Bonchev–Trinajstić information content (AvgIpc) is 2.93. The summed E-state index contributed by atoms with van der Waals surface area (Å²) in [7, 11) is 0. The SMILES string of the molecule is Nc1nnc(-c2ccccc2O)cc1N1CCC(C(=O)NCC2CCNCC2)(c2ccccc2)CC1. The first-order valence-electron chi connectivity index (χ1n) is 12.8. The highest BCUT2D eigenvalue weighted by Gasteiger charge is 2.43. The number of phenolic OH excluding ortho intramolecular Hbond substituents is 1. The Morgan fingerprint density at radius 2 is 1.75 bits per heavy atom. The molecule has 5 N–H and O–H groups in total. The van der Waals surface area contributed by atoms with E-state index >= 15 is 0 Å². The van der Waals surface area contributed by atoms with Gasteiger partial charge in [-0.1, -0.05) is 42.5 Å². The fraction of sp³-hybridized carbons (Fsp3) is 0.393. The number of piperidine rings is 2. The van der Waals surface area contributed by atoms with E-state index in [9.17, 15) is 9.90 Å². The quantitative estimate of drug-likeness (QED) is 0.423. The van der Waals surface area contributed by atoms with Crippen molar-refractivity contribution in [1.29, 1.82) is 0 Å². The number of amides is 1. The van der Waals surface area contributed by atoms with E-state index in [1.54, 1.807) is 12.1 Å². The Balaban J connectivity index is 1.36. The van der Waals surface area contributed by atoms with Crippen molar-refractivity contribution < 1.29 is 9.90 Å². The Morgan fingerprint density at radius 3 is 2.47 bits per heavy atom. The number of nitrogens with two attached hydrogens (primary N) is 1. The summed E-state index contributed by atoms with van der Waals surface area (Å²) in [4.78, 5) is 15.9. The molecule has 2 fully saturated rings. The number of nitrogens with zero attached hydrogens (tertiary/aromatic N) is 3. The number of nitrogens with one attached hydrogen (secondary N) is 2. The van der Waals surface area contributed by atoms with E-state index in [2.05, 4.69) is 37.9 Å². The van der Waals surface area contributed by atoms with E-state index in [-0.39, 0.29) is 11.7 Å². The molecular weight excluding hydrogens is 452 g/mol. The largest absolute Gasteiger partial charge is 0.507 e. The lowest BCUT2D eigenvalue weighted by molar-refractivity contribution is -0.127. The fourth-order valence-electron chi connectivity index (χ4n) is 5.49. The van der Waals surface area contributed by atoms with Gasteiger partial charge in [-0.15, -0.1) is 10.2 Å². The highest BCUT2D eigenvalue weighted by atomic mass is 16.3. The molecule has 0 unspecified atom stereocenters. The summed E-state index contributed by atoms with van der Waals surface area (Å²) < 4.78 is 0. The number of benzene rings is 2. The van der Waals surface area contributed by atoms with Crippen molar-refractivity contribution >= 4 is 17.4 Å². The number of anilines is 2. The van der Waals surface area contributed by atoms with Gasteiger partial charge in [0.05, 0.1) is 16.8 Å². The van der Waals surface area contributed by atoms with Crippen LogP contribution in [0.4, 0.5) is 11.5 Å². The molecule has 0 spiro atoms. The van der Waals surface area contributed by atoms with E-state index in [1.165, 1.54) is 0 Å². The summed E-state index contributed by atoms with van der Waals surface area (Å²) in [5, 5.41) is 25.3. The van der Waals surface area contributed by atoms with Crippen LogP contribution in [0.5, 0.6) is 5.75 Å². The molecule has 2 aliphatic heterocycles. The first kappa shape index (κ1) is 24.1. The molecule has 8 nitrogen and oxygen atoms in total. The Hall–Kier alpha value is -3.65. The lowest BCUT2D eigenvalue weighted by Crippen LogP contribution is -2.53. The second kappa shape index (κ2) is 10.5. The van der Waals surface area contributed by atoms with Gasteiger partial charge in [0.25, 0.3) is 0 Å². The molecule has 8 heteroatoms. The van der Waals surface area contributed by atoms with Crippen molar-refractivity contribution in [3.05, 3.63) is 66.2 Å². The van der Waals surface area contributed by atoms with Crippen molar-refractivity contribution in [1.82, 2.24) is 20.8 Å². The third-order valence-corrected chi connectivity index (χ3v) is 7.71. The number of carbonyl (C=O) groups is 1. The van der Waals surface area contributed by atoms with E-state index < -0.39 is 5.41 Å². The molecule has 36 heavy (non-hydrogen) atoms. The van der Waals surface area contributed by atoms with Crippen molar-refractivity contribution in [3.63, 3.8) is 0 Å². The number of para-hydroxylation sites is 1. The van der Waals surface area contributed by atoms with Crippen molar-refractivity contribution in [2.24, 2.45) is 5.92 Å². The van der Waals surface area contributed by atoms with Crippen LogP contribution >= 0.6 is 0 Å². The Bertz CT molecular complexity index is 1190. The van der Waals surface area contributed by atoms with Crippen LogP contribution in [0.2, 0.25) is 0 Å². The second-order valence-corrected chi connectivity index (χ2v) is 9.86. The minimum atomic E-state index is -0.583. The van der Waals surface area contributed by atoms with Crippen LogP contribution in [-0.2, 0) is 10.2 Å². The van der Waals surface area contributed by atoms with E-state index in [1.807, 2.05) is 36.4 Å². The lowest BCUT2D eigenvalue weighted by Gasteiger charge is -2.42. The van der Waals surface area contributed by atoms with Gasteiger partial charge in [0.2, 0.25) is 5.91 Å². The molecule has 0 aliphatic carbocycles. The predicted molar refractivity (Wildman–Crippen MR) is 142 cm³/mol. The van der Waals surface area contributed by atoms with Crippen LogP contribution < -0.4 is 21.3 Å². The van der Waals surface area contributed by atoms with Crippen molar-refractivity contribution in [2.45, 2.75) is 31.1 Å².